The Bertz CT molecular complexity index is 328. The van der Waals surface area contributed by atoms with E-state index in [1.165, 1.54) is 5.56 Å². The number of nitrogens with two attached hydrogens (primary N) is 2. The summed E-state index contributed by atoms with van der Waals surface area (Å²) >= 11 is 3.55. The molecule has 0 saturated heterocycles. The van der Waals surface area contributed by atoms with E-state index in [1.807, 2.05) is 6.92 Å². The molecule has 3 heteroatoms. The molecule has 0 aliphatic heterocycles. The van der Waals surface area contributed by atoms with Gasteiger partial charge in [-0.3, -0.25) is 0 Å². The molecule has 0 aliphatic rings. The highest BCUT2D eigenvalue weighted by Crippen LogP contribution is 2.35. The maximum atomic E-state index is 6.06. The lowest BCUT2D eigenvalue weighted by Gasteiger charge is -2.17. The summed E-state index contributed by atoms with van der Waals surface area (Å²) in [6, 6.07) is 0. The maximum absolute atomic E-state index is 6.06. The van der Waals surface area contributed by atoms with Gasteiger partial charge in [-0.25, -0.2) is 0 Å². The lowest BCUT2D eigenvalue weighted by molar-refractivity contribution is 1.08. The van der Waals surface area contributed by atoms with Gasteiger partial charge in [-0.05, 0) is 36.5 Å². The highest BCUT2D eigenvalue weighted by molar-refractivity contribution is 9.10. The molecule has 0 radical (unpaired) electrons. The molecular formula is C11H17BrN2. The van der Waals surface area contributed by atoms with Gasteiger partial charge in [0.1, 0.15) is 0 Å². The molecule has 0 spiro atoms. The molecule has 1 aromatic rings. The van der Waals surface area contributed by atoms with Crippen LogP contribution in [0, 0.1) is 6.92 Å². The molecule has 0 atom stereocenters. The van der Waals surface area contributed by atoms with Gasteiger partial charge in [0.25, 0.3) is 0 Å². The van der Waals surface area contributed by atoms with Crippen LogP contribution in [0.25, 0.3) is 0 Å². The van der Waals surface area contributed by atoms with Crippen LogP contribution in [0.3, 0.4) is 0 Å². The van der Waals surface area contributed by atoms with Gasteiger partial charge < -0.3 is 11.5 Å². The number of rotatable bonds is 2. The zero-order valence-corrected chi connectivity index (χ0v) is 10.5. The number of hydrogen-bond donors (Lipinski definition) is 2. The van der Waals surface area contributed by atoms with Gasteiger partial charge in [0, 0.05) is 15.8 Å². The smallest absolute Gasteiger partial charge is 0.0411 e. The highest BCUT2D eigenvalue weighted by atomic mass is 79.9. The summed E-state index contributed by atoms with van der Waals surface area (Å²) in [5, 5.41) is 0. The zero-order chi connectivity index (χ0) is 10.9. The average Bonchev–Trinajstić information content (AvgIpc) is 2.16. The Balaban J connectivity index is 3.56. The van der Waals surface area contributed by atoms with Crippen molar-refractivity contribution < 1.29 is 0 Å². The normalized spacial score (nSPS) is 10.6. The van der Waals surface area contributed by atoms with Crippen molar-refractivity contribution in [2.24, 2.45) is 0 Å². The first-order valence-corrected chi connectivity index (χ1v) is 5.68. The molecule has 78 valence electrons. The van der Waals surface area contributed by atoms with Crippen LogP contribution in [0.5, 0.6) is 0 Å². The summed E-state index contributed by atoms with van der Waals surface area (Å²) in [4.78, 5) is 0. The number of nitrogen functional groups attached to an aromatic ring is 2. The molecule has 0 saturated carbocycles. The number of benzene rings is 1. The van der Waals surface area contributed by atoms with Crippen LogP contribution in [0.2, 0.25) is 0 Å². The van der Waals surface area contributed by atoms with E-state index in [-0.39, 0.29) is 0 Å². The minimum atomic E-state index is 0.828. The summed E-state index contributed by atoms with van der Waals surface area (Å²) in [6.45, 7) is 6.21. The second-order valence-electron chi connectivity index (χ2n) is 3.43. The van der Waals surface area contributed by atoms with E-state index in [4.69, 9.17) is 11.5 Å². The highest BCUT2D eigenvalue weighted by Gasteiger charge is 2.14. The van der Waals surface area contributed by atoms with Gasteiger partial charge in [-0.15, -0.1) is 0 Å². The fraction of sp³-hybridized carbons (Fsp3) is 0.455. The predicted molar refractivity (Wildman–Crippen MR) is 66.5 cm³/mol. The van der Waals surface area contributed by atoms with E-state index < -0.39 is 0 Å². The number of anilines is 2. The van der Waals surface area contributed by atoms with Gasteiger partial charge in [0.05, 0.1) is 0 Å². The minimum absolute atomic E-state index is 0.828. The lowest BCUT2D eigenvalue weighted by Crippen LogP contribution is -2.06. The van der Waals surface area contributed by atoms with Gasteiger partial charge in [0.2, 0.25) is 0 Å². The molecule has 0 amide bonds. The summed E-state index contributed by atoms with van der Waals surface area (Å²) in [7, 11) is 0. The lowest BCUT2D eigenvalue weighted by atomic mass is 9.98. The van der Waals surface area contributed by atoms with Crippen molar-refractivity contribution in [2.45, 2.75) is 33.6 Å². The van der Waals surface area contributed by atoms with Gasteiger partial charge in [-0.1, -0.05) is 29.8 Å². The Labute approximate surface area is 93.8 Å². The van der Waals surface area contributed by atoms with Crippen molar-refractivity contribution in [1.29, 1.82) is 0 Å². The van der Waals surface area contributed by atoms with E-state index in [1.54, 1.807) is 0 Å². The Morgan fingerprint density at radius 2 is 1.50 bits per heavy atom. The molecular weight excluding hydrogens is 240 g/mol. The maximum Gasteiger partial charge on any atom is 0.0411 e. The second-order valence-corrected chi connectivity index (χ2v) is 4.22. The summed E-state index contributed by atoms with van der Waals surface area (Å²) in [6.07, 6.45) is 1.82. The third-order valence-corrected chi connectivity index (χ3v) is 3.75. The summed E-state index contributed by atoms with van der Waals surface area (Å²) in [5.74, 6) is 0. The van der Waals surface area contributed by atoms with E-state index in [0.29, 0.717) is 0 Å². The topological polar surface area (TPSA) is 52.0 Å². The van der Waals surface area contributed by atoms with Crippen LogP contribution in [0.4, 0.5) is 11.4 Å². The summed E-state index contributed by atoms with van der Waals surface area (Å²) < 4.78 is 1.06. The molecule has 0 heterocycles. The Hall–Kier alpha value is -0.700. The van der Waals surface area contributed by atoms with Crippen molar-refractivity contribution in [1.82, 2.24) is 0 Å². The van der Waals surface area contributed by atoms with E-state index >= 15 is 0 Å². The SMILES string of the molecule is CCc1c(N)c(C)c(Br)c(CC)c1N. The Morgan fingerprint density at radius 1 is 1.00 bits per heavy atom. The third-order valence-electron chi connectivity index (χ3n) is 2.68. The van der Waals surface area contributed by atoms with Crippen LogP contribution in [-0.4, -0.2) is 0 Å². The zero-order valence-electron chi connectivity index (χ0n) is 8.95. The molecule has 0 aliphatic carbocycles. The second kappa shape index (κ2) is 4.22. The number of hydrogen-bond acceptors (Lipinski definition) is 2. The first kappa shape index (κ1) is 11.4. The quantitative estimate of drug-likeness (QED) is 0.800. The van der Waals surface area contributed by atoms with E-state index in [9.17, 15) is 0 Å². The van der Waals surface area contributed by atoms with E-state index in [0.717, 1.165) is 39.8 Å². The fourth-order valence-electron chi connectivity index (χ4n) is 1.74. The first-order valence-electron chi connectivity index (χ1n) is 4.89. The van der Waals surface area contributed by atoms with Gasteiger partial charge >= 0.3 is 0 Å². The Kier molecular flexibility index (Phi) is 3.43. The van der Waals surface area contributed by atoms with Crippen molar-refractivity contribution >= 4 is 27.3 Å². The first-order chi connectivity index (χ1) is 6.54. The Morgan fingerprint density at radius 3 is 1.93 bits per heavy atom. The standard InChI is InChI=1S/C11H17BrN2/c1-4-7-9(12)6(3)10(13)8(5-2)11(7)14/h4-5,13-14H2,1-3H3. The molecule has 4 N–H and O–H groups in total. The van der Waals surface area contributed by atoms with Crippen molar-refractivity contribution in [3.05, 3.63) is 21.2 Å². The molecule has 1 aromatic carbocycles. The molecule has 0 aromatic heterocycles. The largest absolute Gasteiger partial charge is 0.398 e. The summed E-state index contributed by atoms with van der Waals surface area (Å²) in [5.41, 5.74) is 17.1. The van der Waals surface area contributed by atoms with Crippen molar-refractivity contribution in [2.75, 3.05) is 11.5 Å². The molecule has 0 unspecified atom stereocenters. The molecule has 2 nitrogen and oxygen atoms in total. The number of halogens is 1. The van der Waals surface area contributed by atoms with Crippen LogP contribution in [0.15, 0.2) is 4.47 Å². The fourth-order valence-corrected chi connectivity index (χ4v) is 2.45. The van der Waals surface area contributed by atoms with E-state index in [2.05, 4.69) is 29.8 Å². The molecule has 0 fully saturated rings. The molecule has 14 heavy (non-hydrogen) atoms. The molecule has 1 rings (SSSR count). The van der Waals surface area contributed by atoms with Crippen molar-refractivity contribution in [3.8, 4) is 0 Å². The van der Waals surface area contributed by atoms with Gasteiger partial charge in [-0.2, -0.15) is 0 Å². The van der Waals surface area contributed by atoms with Crippen LogP contribution >= 0.6 is 15.9 Å². The van der Waals surface area contributed by atoms with Crippen molar-refractivity contribution in [3.63, 3.8) is 0 Å². The van der Waals surface area contributed by atoms with Crippen LogP contribution < -0.4 is 11.5 Å². The molecule has 0 bridgehead atoms. The monoisotopic (exact) mass is 256 g/mol. The average molecular weight is 257 g/mol. The van der Waals surface area contributed by atoms with Gasteiger partial charge in [0.15, 0.2) is 0 Å². The van der Waals surface area contributed by atoms with Crippen LogP contribution in [-0.2, 0) is 12.8 Å². The minimum Gasteiger partial charge on any atom is -0.398 e. The third kappa shape index (κ3) is 1.61. The predicted octanol–water partition coefficient (Wildman–Crippen LogP) is 3.05. The van der Waals surface area contributed by atoms with Crippen LogP contribution in [0.1, 0.15) is 30.5 Å².